The number of oxime groups is 1. The maximum atomic E-state index is 11.7. The maximum absolute atomic E-state index is 11.7. The van der Waals surface area contributed by atoms with Crippen LogP contribution in [0.1, 0.15) is 11.1 Å². The number of nitro groups is 1. The molecule has 8 nitrogen and oxygen atoms in total. The SMILES string of the molecule is Cc1ccc(NC(=O)O/N=C/c2ccc(N(C)C)cc2)c([N+](=O)[O-])c1. The predicted molar refractivity (Wildman–Crippen MR) is 96.3 cm³/mol. The zero-order valence-electron chi connectivity index (χ0n) is 14.1. The van der Waals surface area contributed by atoms with Gasteiger partial charge >= 0.3 is 6.09 Å². The van der Waals surface area contributed by atoms with Crippen molar-refractivity contribution in [2.24, 2.45) is 5.16 Å². The first-order valence-electron chi connectivity index (χ1n) is 7.40. The van der Waals surface area contributed by atoms with Gasteiger partial charge in [0.05, 0.1) is 11.1 Å². The standard InChI is InChI=1S/C17H18N4O4/c1-12-4-9-15(16(10-12)21(23)24)19-17(22)25-18-11-13-5-7-14(8-6-13)20(2)3/h4-11H,1-3H3,(H,19,22)/b18-11+. The Morgan fingerprint density at radius 2 is 1.92 bits per heavy atom. The minimum absolute atomic E-state index is 0.0473. The average Bonchev–Trinajstić information content (AvgIpc) is 2.56. The third-order valence-corrected chi connectivity index (χ3v) is 3.33. The molecule has 0 aliphatic heterocycles. The van der Waals surface area contributed by atoms with E-state index in [1.54, 1.807) is 13.0 Å². The second-order valence-corrected chi connectivity index (χ2v) is 5.50. The highest BCUT2D eigenvalue weighted by molar-refractivity contribution is 5.88. The zero-order chi connectivity index (χ0) is 18.4. The normalized spacial score (nSPS) is 10.5. The first-order valence-corrected chi connectivity index (χ1v) is 7.40. The molecule has 0 aliphatic rings. The fourth-order valence-electron chi connectivity index (χ4n) is 2.02. The van der Waals surface area contributed by atoms with E-state index in [1.807, 2.05) is 43.3 Å². The first kappa shape index (κ1) is 17.9. The van der Waals surface area contributed by atoms with Gasteiger partial charge in [-0.15, -0.1) is 0 Å². The van der Waals surface area contributed by atoms with E-state index in [9.17, 15) is 14.9 Å². The third kappa shape index (κ3) is 5.03. The lowest BCUT2D eigenvalue weighted by atomic mass is 10.2. The number of nitrogens with zero attached hydrogens (tertiary/aromatic N) is 3. The van der Waals surface area contributed by atoms with Crippen LogP contribution in [-0.4, -0.2) is 31.3 Å². The van der Waals surface area contributed by atoms with E-state index < -0.39 is 11.0 Å². The number of hydrogen-bond donors (Lipinski definition) is 1. The quantitative estimate of drug-likeness (QED) is 0.388. The predicted octanol–water partition coefficient (Wildman–Crippen LogP) is 3.55. The molecule has 2 aromatic carbocycles. The van der Waals surface area contributed by atoms with Gasteiger partial charge in [-0.2, -0.15) is 0 Å². The number of nitrogens with one attached hydrogen (secondary N) is 1. The summed E-state index contributed by atoms with van der Waals surface area (Å²) < 4.78 is 0. The van der Waals surface area contributed by atoms with Gasteiger partial charge in [0.1, 0.15) is 5.69 Å². The van der Waals surface area contributed by atoms with Gasteiger partial charge in [0.2, 0.25) is 0 Å². The van der Waals surface area contributed by atoms with Gasteiger partial charge in [0, 0.05) is 25.8 Å². The highest BCUT2D eigenvalue weighted by Crippen LogP contribution is 2.25. The number of benzene rings is 2. The molecule has 1 amide bonds. The summed E-state index contributed by atoms with van der Waals surface area (Å²) in [7, 11) is 3.86. The van der Waals surface area contributed by atoms with Crippen LogP contribution in [0.4, 0.5) is 21.9 Å². The minimum atomic E-state index is -0.909. The number of anilines is 2. The Morgan fingerprint density at radius 1 is 1.24 bits per heavy atom. The molecule has 2 aromatic rings. The van der Waals surface area contributed by atoms with E-state index in [-0.39, 0.29) is 11.4 Å². The summed E-state index contributed by atoms with van der Waals surface area (Å²) in [4.78, 5) is 28.8. The molecule has 130 valence electrons. The largest absolute Gasteiger partial charge is 0.438 e. The molecule has 0 bridgehead atoms. The molecule has 0 spiro atoms. The Morgan fingerprint density at radius 3 is 2.52 bits per heavy atom. The Balaban J connectivity index is 1.98. The van der Waals surface area contributed by atoms with E-state index in [4.69, 9.17) is 0 Å². The van der Waals surface area contributed by atoms with Crippen LogP contribution in [-0.2, 0) is 4.84 Å². The van der Waals surface area contributed by atoms with E-state index in [0.29, 0.717) is 5.56 Å². The fraction of sp³-hybridized carbons (Fsp3) is 0.176. The van der Waals surface area contributed by atoms with Gasteiger partial charge in [-0.25, -0.2) is 4.79 Å². The van der Waals surface area contributed by atoms with Crippen LogP contribution in [0.25, 0.3) is 0 Å². The van der Waals surface area contributed by atoms with Gasteiger partial charge < -0.3 is 4.90 Å². The topological polar surface area (TPSA) is 97.1 Å². The Labute approximate surface area is 144 Å². The maximum Gasteiger partial charge on any atom is 0.438 e. The third-order valence-electron chi connectivity index (χ3n) is 3.33. The molecule has 0 aromatic heterocycles. The minimum Gasteiger partial charge on any atom is -0.378 e. The van der Waals surface area contributed by atoms with Gasteiger partial charge in [-0.05, 0) is 36.2 Å². The number of carbonyl (C=O) groups excluding carboxylic acids is 1. The van der Waals surface area contributed by atoms with E-state index in [0.717, 1.165) is 11.3 Å². The number of aryl methyl sites for hydroxylation is 1. The molecule has 0 radical (unpaired) electrons. The summed E-state index contributed by atoms with van der Waals surface area (Å²) in [5.41, 5.74) is 2.33. The van der Waals surface area contributed by atoms with Crippen LogP contribution in [0.2, 0.25) is 0 Å². The van der Waals surface area contributed by atoms with Crippen molar-refractivity contribution in [1.29, 1.82) is 0 Å². The molecule has 0 saturated carbocycles. The Bertz CT molecular complexity index is 801. The van der Waals surface area contributed by atoms with Crippen molar-refractivity contribution in [2.45, 2.75) is 6.92 Å². The van der Waals surface area contributed by atoms with Crippen LogP contribution in [0.5, 0.6) is 0 Å². The lowest BCUT2D eigenvalue weighted by molar-refractivity contribution is -0.384. The number of hydrogen-bond acceptors (Lipinski definition) is 6. The monoisotopic (exact) mass is 342 g/mol. The highest BCUT2D eigenvalue weighted by Gasteiger charge is 2.16. The van der Waals surface area contributed by atoms with E-state index in [1.165, 1.54) is 18.3 Å². The lowest BCUT2D eigenvalue weighted by Gasteiger charge is -2.11. The number of amides is 1. The molecular weight excluding hydrogens is 324 g/mol. The first-order chi connectivity index (χ1) is 11.9. The zero-order valence-corrected chi connectivity index (χ0v) is 14.1. The molecule has 1 N–H and O–H groups in total. The summed E-state index contributed by atoms with van der Waals surface area (Å²) in [6, 6.07) is 11.9. The number of nitro benzene ring substituents is 1. The smallest absolute Gasteiger partial charge is 0.378 e. The van der Waals surface area contributed by atoms with Crippen LogP contribution in [0.15, 0.2) is 47.6 Å². The second kappa shape index (κ2) is 7.91. The molecule has 8 heteroatoms. The summed E-state index contributed by atoms with van der Waals surface area (Å²) in [6.07, 6.45) is 0.468. The fourth-order valence-corrected chi connectivity index (χ4v) is 2.02. The molecule has 2 rings (SSSR count). The van der Waals surface area contributed by atoms with Crippen LogP contribution >= 0.6 is 0 Å². The van der Waals surface area contributed by atoms with Crippen LogP contribution in [0, 0.1) is 17.0 Å². The molecule has 0 aliphatic carbocycles. The van der Waals surface area contributed by atoms with Crippen molar-refractivity contribution < 1.29 is 14.6 Å². The summed E-state index contributed by atoms with van der Waals surface area (Å²) in [5.74, 6) is 0. The van der Waals surface area contributed by atoms with Crippen LogP contribution < -0.4 is 10.2 Å². The van der Waals surface area contributed by atoms with E-state index >= 15 is 0 Å². The van der Waals surface area contributed by atoms with Gasteiger partial charge in [0.25, 0.3) is 5.69 Å². The molecule has 0 heterocycles. The Hall–Kier alpha value is -3.42. The molecule has 0 atom stereocenters. The molecule has 25 heavy (non-hydrogen) atoms. The van der Waals surface area contributed by atoms with Crippen molar-refractivity contribution >= 4 is 29.4 Å². The van der Waals surface area contributed by atoms with Gasteiger partial charge in [-0.1, -0.05) is 23.4 Å². The number of rotatable bonds is 5. The van der Waals surface area contributed by atoms with E-state index in [2.05, 4.69) is 15.3 Å². The average molecular weight is 342 g/mol. The lowest BCUT2D eigenvalue weighted by Crippen LogP contribution is -2.12. The summed E-state index contributed by atoms with van der Waals surface area (Å²) >= 11 is 0. The molecule has 0 saturated heterocycles. The van der Waals surface area contributed by atoms with Crippen molar-refractivity contribution in [1.82, 2.24) is 0 Å². The molecule has 0 fully saturated rings. The summed E-state index contributed by atoms with van der Waals surface area (Å²) in [6.45, 7) is 1.72. The van der Waals surface area contributed by atoms with Crippen molar-refractivity contribution in [3.05, 3.63) is 63.7 Å². The van der Waals surface area contributed by atoms with Crippen molar-refractivity contribution in [2.75, 3.05) is 24.3 Å². The van der Waals surface area contributed by atoms with Gasteiger partial charge in [0.15, 0.2) is 0 Å². The Kier molecular flexibility index (Phi) is 5.67. The molecule has 0 unspecified atom stereocenters. The number of carbonyl (C=O) groups is 1. The summed E-state index contributed by atoms with van der Waals surface area (Å²) in [5, 5.41) is 16.9. The van der Waals surface area contributed by atoms with Crippen molar-refractivity contribution in [3.63, 3.8) is 0 Å². The van der Waals surface area contributed by atoms with Gasteiger partial charge in [-0.3, -0.25) is 20.3 Å². The molecular formula is C17H18N4O4. The van der Waals surface area contributed by atoms with Crippen molar-refractivity contribution in [3.8, 4) is 0 Å². The highest BCUT2D eigenvalue weighted by atomic mass is 16.7. The second-order valence-electron chi connectivity index (χ2n) is 5.50. The van der Waals surface area contributed by atoms with Crippen LogP contribution in [0.3, 0.4) is 0 Å².